The Morgan fingerprint density at radius 2 is 1.90 bits per heavy atom. The Balaban J connectivity index is 2.00. The third-order valence-electron chi connectivity index (χ3n) is 4.20. The van der Waals surface area contributed by atoms with Gasteiger partial charge in [0.05, 0.1) is 5.56 Å². The number of likely N-dealkylation sites (tertiary alicyclic amines) is 1. The van der Waals surface area contributed by atoms with Gasteiger partial charge in [-0.2, -0.15) is 0 Å². The van der Waals surface area contributed by atoms with Crippen LogP contribution in [0, 0.1) is 0 Å². The molecule has 3 nitrogen and oxygen atoms in total. The van der Waals surface area contributed by atoms with Crippen LogP contribution in [-0.4, -0.2) is 47.9 Å². The van der Waals surface area contributed by atoms with E-state index in [2.05, 4.69) is 34.7 Å². The summed E-state index contributed by atoms with van der Waals surface area (Å²) in [7, 11) is 1.93. The number of benzene rings is 1. The molecule has 1 aliphatic heterocycles. The van der Waals surface area contributed by atoms with Gasteiger partial charge in [0, 0.05) is 36.7 Å². The zero-order valence-corrected chi connectivity index (χ0v) is 14.1. The lowest BCUT2D eigenvalue weighted by Crippen LogP contribution is -2.47. The molecule has 1 aliphatic rings. The minimum absolute atomic E-state index is 0.112. The van der Waals surface area contributed by atoms with Gasteiger partial charge in [0.2, 0.25) is 0 Å². The van der Waals surface area contributed by atoms with Crippen LogP contribution >= 0.6 is 15.9 Å². The summed E-state index contributed by atoms with van der Waals surface area (Å²) in [5.41, 5.74) is 0.751. The maximum atomic E-state index is 12.6. The van der Waals surface area contributed by atoms with Crippen molar-refractivity contribution in [3.8, 4) is 0 Å². The molecule has 110 valence electrons. The third kappa shape index (κ3) is 3.41. The molecule has 1 aromatic carbocycles. The van der Waals surface area contributed by atoms with E-state index in [9.17, 15) is 4.79 Å². The lowest BCUT2D eigenvalue weighted by molar-refractivity contribution is 0.0614. The number of hydrogen-bond donors (Lipinski definition) is 0. The van der Waals surface area contributed by atoms with Crippen LogP contribution in [-0.2, 0) is 0 Å². The monoisotopic (exact) mass is 338 g/mol. The van der Waals surface area contributed by atoms with E-state index in [1.165, 1.54) is 0 Å². The highest BCUT2D eigenvalue weighted by Crippen LogP contribution is 2.22. The summed E-state index contributed by atoms with van der Waals surface area (Å²) in [5.74, 6) is 0.112. The molecule has 1 heterocycles. The Hall–Kier alpha value is -0.870. The maximum absolute atomic E-state index is 12.6. The van der Waals surface area contributed by atoms with E-state index >= 15 is 0 Å². The van der Waals surface area contributed by atoms with Crippen molar-refractivity contribution in [2.45, 2.75) is 38.8 Å². The first-order valence-corrected chi connectivity index (χ1v) is 8.05. The molecule has 1 saturated heterocycles. The van der Waals surface area contributed by atoms with Gasteiger partial charge in [-0.05, 0) is 54.8 Å². The van der Waals surface area contributed by atoms with E-state index in [-0.39, 0.29) is 5.91 Å². The largest absolute Gasteiger partial charge is 0.339 e. The summed E-state index contributed by atoms with van der Waals surface area (Å²) in [4.78, 5) is 17.0. The summed E-state index contributed by atoms with van der Waals surface area (Å²) in [6.07, 6.45) is 2.12. The van der Waals surface area contributed by atoms with Gasteiger partial charge in [-0.25, -0.2) is 0 Å². The molecule has 2 rings (SSSR count). The van der Waals surface area contributed by atoms with Gasteiger partial charge in [0.15, 0.2) is 0 Å². The molecule has 20 heavy (non-hydrogen) atoms. The van der Waals surface area contributed by atoms with Crippen LogP contribution in [0.5, 0.6) is 0 Å². The topological polar surface area (TPSA) is 23.6 Å². The van der Waals surface area contributed by atoms with Crippen molar-refractivity contribution < 1.29 is 4.79 Å². The number of hydrogen-bond acceptors (Lipinski definition) is 2. The van der Waals surface area contributed by atoms with Crippen LogP contribution in [0.2, 0.25) is 0 Å². The number of nitrogens with zero attached hydrogens (tertiary/aromatic N) is 2. The molecule has 0 atom stereocenters. The van der Waals surface area contributed by atoms with E-state index in [0.717, 1.165) is 36.0 Å². The first-order chi connectivity index (χ1) is 9.50. The van der Waals surface area contributed by atoms with Crippen molar-refractivity contribution in [2.24, 2.45) is 0 Å². The molecule has 0 bridgehead atoms. The van der Waals surface area contributed by atoms with Crippen molar-refractivity contribution in [1.29, 1.82) is 0 Å². The maximum Gasteiger partial charge on any atom is 0.254 e. The fourth-order valence-electron chi connectivity index (χ4n) is 2.78. The SMILES string of the molecule is CC(C)N1CCC(N(C)C(=O)c2ccccc2Br)CC1. The van der Waals surface area contributed by atoms with Crippen LogP contribution in [0.25, 0.3) is 0 Å². The summed E-state index contributed by atoms with van der Waals surface area (Å²) in [5, 5.41) is 0. The Kier molecular flexibility index (Phi) is 5.22. The van der Waals surface area contributed by atoms with Crippen LogP contribution < -0.4 is 0 Å². The van der Waals surface area contributed by atoms with Crippen LogP contribution in [0.3, 0.4) is 0 Å². The van der Waals surface area contributed by atoms with Gasteiger partial charge in [-0.3, -0.25) is 4.79 Å². The fraction of sp³-hybridized carbons (Fsp3) is 0.562. The number of piperidine rings is 1. The molecule has 0 spiro atoms. The van der Waals surface area contributed by atoms with Gasteiger partial charge < -0.3 is 9.80 Å². The second-order valence-electron chi connectivity index (χ2n) is 5.76. The van der Waals surface area contributed by atoms with Gasteiger partial charge in [-0.15, -0.1) is 0 Å². The van der Waals surface area contributed by atoms with Crippen molar-refractivity contribution >= 4 is 21.8 Å². The van der Waals surface area contributed by atoms with Crippen molar-refractivity contribution in [3.05, 3.63) is 34.3 Å². The smallest absolute Gasteiger partial charge is 0.254 e. The standard InChI is InChI=1S/C16H23BrN2O/c1-12(2)19-10-8-13(9-11-19)18(3)16(20)14-6-4-5-7-15(14)17/h4-7,12-13H,8-11H2,1-3H3. The molecule has 0 aromatic heterocycles. The average molecular weight is 339 g/mol. The molecule has 1 amide bonds. The number of halogens is 1. The number of rotatable bonds is 3. The highest BCUT2D eigenvalue weighted by atomic mass is 79.9. The summed E-state index contributed by atoms with van der Waals surface area (Å²) >= 11 is 3.46. The molecule has 0 unspecified atom stereocenters. The van der Waals surface area contributed by atoms with E-state index in [0.29, 0.717) is 12.1 Å². The van der Waals surface area contributed by atoms with E-state index in [1.54, 1.807) is 0 Å². The van der Waals surface area contributed by atoms with Crippen LogP contribution in [0.15, 0.2) is 28.7 Å². The van der Waals surface area contributed by atoms with Gasteiger partial charge in [0.25, 0.3) is 5.91 Å². The predicted octanol–water partition coefficient (Wildman–Crippen LogP) is 3.39. The minimum atomic E-state index is 0.112. The highest BCUT2D eigenvalue weighted by Gasteiger charge is 2.27. The molecule has 4 heteroatoms. The summed E-state index contributed by atoms with van der Waals surface area (Å²) < 4.78 is 0.872. The Bertz CT molecular complexity index is 467. The summed E-state index contributed by atoms with van der Waals surface area (Å²) in [6.45, 7) is 6.62. The predicted molar refractivity (Wildman–Crippen MR) is 86.0 cm³/mol. The molecular weight excluding hydrogens is 316 g/mol. The zero-order chi connectivity index (χ0) is 14.7. The minimum Gasteiger partial charge on any atom is -0.339 e. The zero-order valence-electron chi connectivity index (χ0n) is 12.5. The van der Waals surface area contributed by atoms with Crippen molar-refractivity contribution in [2.75, 3.05) is 20.1 Å². The fourth-order valence-corrected chi connectivity index (χ4v) is 3.23. The Labute approximate surface area is 130 Å². The molecular formula is C16H23BrN2O. The molecule has 0 radical (unpaired) electrons. The quantitative estimate of drug-likeness (QED) is 0.843. The molecule has 0 N–H and O–H groups in total. The Morgan fingerprint density at radius 1 is 1.30 bits per heavy atom. The van der Waals surface area contributed by atoms with Crippen LogP contribution in [0.4, 0.5) is 0 Å². The van der Waals surface area contributed by atoms with E-state index < -0.39 is 0 Å². The molecule has 0 saturated carbocycles. The second kappa shape index (κ2) is 6.72. The van der Waals surface area contributed by atoms with Crippen molar-refractivity contribution in [3.63, 3.8) is 0 Å². The van der Waals surface area contributed by atoms with Gasteiger partial charge >= 0.3 is 0 Å². The molecule has 1 aromatic rings. The van der Waals surface area contributed by atoms with Crippen LogP contribution in [0.1, 0.15) is 37.0 Å². The van der Waals surface area contributed by atoms with Gasteiger partial charge in [0.1, 0.15) is 0 Å². The summed E-state index contributed by atoms with van der Waals surface area (Å²) in [6, 6.07) is 8.59. The number of carbonyl (C=O) groups excluding carboxylic acids is 1. The Morgan fingerprint density at radius 3 is 2.45 bits per heavy atom. The van der Waals surface area contributed by atoms with E-state index in [1.807, 2.05) is 36.2 Å². The number of amides is 1. The highest BCUT2D eigenvalue weighted by molar-refractivity contribution is 9.10. The molecule has 1 fully saturated rings. The van der Waals surface area contributed by atoms with Gasteiger partial charge in [-0.1, -0.05) is 12.1 Å². The average Bonchev–Trinajstić information content (AvgIpc) is 2.46. The third-order valence-corrected chi connectivity index (χ3v) is 4.89. The first-order valence-electron chi connectivity index (χ1n) is 7.26. The first kappa shape index (κ1) is 15.5. The second-order valence-corrected chi connectivity index (χ2v) is 6.61. The normalized spacial score (nSPS) is 17.4. The van der Waals surface area contributed by atoms with Crippen molar-refractivity contribution in [1.82, 2.24) is 9.80 Å². The molecule has 0 aliphatic carbocycles. The lowest BCUT2D eigenvalue weighted by Gasteiger charge is -2.38. The lowest BCUT2D eigenvalue weighted by atomic mass is 10.0. The van der Waals surface area contributed by atoms with E-state index in [4.69, 9.17) is 0 Å². The number of carbonyl (C=O) groups is 1.